The van der Waals surface area contributed by atoms with Gasteiger partial charge in [0.15, 0.2) is 6.79 Å². The highest BCUT2D eigenvalue weighted by molar-refractivity contribution is 8.16. The fourth-order valence-electron chi connectivity index (χ4n) is 0.531. The fourth-order valence-corrected chi connectivity index (χ4v) is 2.45. The van der Waals surface area contributed by atoms with E-state index in [-0.39, 0.29) is 6.79 Å². The molecule has 1 heterocycles. The molecule has 1 N–H and O–H groups in total. The molecule has 54 valence electrons. The van der Waals surface area contributed by atoms with Gasteiger partial charge in [0, 0.05) is 5.08 Å². The zero-order chi connectivity index (χ0) is 6.53. The van der Waals surface area contributed by atoms with Crippen molar-refractivity contribution in [2.24, 2.45) is 0 Å². The zero-order valence-corrected chi connectivity index (χ0v) is 6.58. The van der Waals surface area contributed by atoms with Crippen LogP contribution in [0, 0.1) is 0 Å². The monoisotopic (exact) mass is 167 g/mol. The second-order valence-electron chi connectivity index (χ2n) is 1.52. The molecule has 9 heavy (non-hydrogen) atoms. The summed E-state index contributed by atoms with van der Waals surface area (Å²) in [6.07, 6.45) is 0. The average molecular weight is 167 g/mol. The summed E-state index contributed by atoms with van der Waals surface area (Å²) in [5.41, 5.74) is 0. The molecular formula is C4H9NO2S2. The van der Waals surface area contributed by atoms with Gasteiger partial charge in [-0.3, -0.25) is 4.84 Å². The van der Waals surface area contributed by atoms with Crippen LogP contribution in [0.25, 0.3) is 0 Å². The lowest BCUT2D eigenvalue weighted by Crippen LogP contribution is -2.26. The molecule has 0 aromatic heterocycles. The maximum Gasteiger partial charge on any atom is 0.164 e. The second-order valence-corrected chi connectivity index (χ2v) is 3.80. The molecule has 0 aliphatic carbocycles. The Bertz CT molecular complexity index is 74.2. The molecule has 1 aliphatic rings. The van der Waals surface area contributed by atoms with E-state index in [9.17, 15) is 0 Å². The fraction of sp³-hybridized carbons (Fsp3) is 1.00. The number of hydrogen-bond donors (Lipinski definition) is 1. The summed E-state index contributed by atoms with van der Waals surface area (Å²) >= 11 is 3.59. The van der Waals surface area contributed by atoms with Gasteiger partial charge in [-0.1, -0.05) is 0 Å². The first-order valence-corrected chi connectivity index (χ1v) is 4.88. The van der Waals surface area contributed by atoms with Gasteiger partial charge < -0.3 is 5.11 Å². The molecule has 0 saturated carbocycles. The van der Waals surface area contributed by atoms with E-state index in [2.05, 4.69) is 0 Å². The largest absolute Gasteiger partial charge is 0.369 e. The maximum absolute atomic E-state index is 8.34. The van der Waals surface area contributed by atoms with Crippen molar-refractivity contribution in [3.05, 3.63) is 0 Å². The topological polar surface area (TPSA) is 32.7 Å². The van der Waals surface area contributed by atoms with E-state index in [0.29, 0.717) is 0 Å². The minimum atomic E-state index is -0.207. The van der Waals surface area contributed by atoms with E-state index >= 15 is 0 Å². The number of rotatable bonds is 2. The van der Waals surface area contributed by atoms with Crippen molar-refractivity contribution < 1.29 is 9.94 Å². The number of hydroxylamine groups is 2. The summed E-state index contributed by atoms with van der Waals surface area (Å²) in [6, 6.07) is 0. The Hall–Kier alpha value is 0.580. The zero-order valence-electron chi connectivity index (χ0n) is 4.95. The van der Waals surface area contributed by atoms with Crippen molar-refractivity contribution in [1.29, 1.82) is 0 Å². The molecule has 1 rings (SSSR count). The Morgan fingerprint density at radius 2 is 2.11 bits per heavy atom. The molecule has 0 amide bonds. The van der Waals surface area contributed by atoms with Gasteiger partial charge in [-0.2, -0.15) is 5.06 Å². The standard InChI is InChI=1S/C4H9NO2S2/c6-3-7-5-1-8-4-9-2-5/h6H,1-4H2. The van der Waals surface area contributed by atoms with Crippen molar-refractivity contribution in [3.63, 3.8) is 0 Å². The molecule has 0 atom stereocenters. The van der Waals surface area contributed by atoms with Gasteiger partial charge in [0.25, 0.3) is 0 Å². The molecule has 0 aromatic rings. The summed E-state index contributed by atoms with van der Waals surface area (Å²) in [4.78, 5) is 4.83. The molecule has 0 unspecified atom stereocenters. The normalized spacial score (nSPS) is 22.3. The Labute approximate surface area is 62.7 Å². The van der Waals surface area contributed by atoms with Crippen LogP contribution in [-0.2, 0) is 4.84 Å². The SMILES string of the molecule is OCON1CSCSC1. The molecular weight excluding hydrogens is 158 g/mol. The first-order valence-electron chi connectivity index (χ1n) is 2.57. The van der Waals surface area contributed by atoms with Gasteiger partial charge in [-0.05, 0) is 0 Å². The van der Waals surface area contributed by atoms with Crippen molar-refractivity contribution >= 4 is 23.5 Å². The van der Waals surface area contributed by atoms with Crippen molar-refractivity contribution in [2.45, 2.75) is 0 Å². The van der Waals surface area contributed by atoms with Crippen LogP contribution < -0.4 is 0 Å². The molecule has 1 saturated heterocycles. The highest BCUT2D eigenvalue weighted by Gasteiger charge is 2.09. The van der Waals surface area contributed by atoms with Crippen LogP contribution in [0.2, 0.25) is 0 Å². The van der Waals surface area contributed by atoms with E-state index in [1.807, 2.05) is 0 Å². The molecule has 0 radical (unpaired) electrons. The third kappa shape index (κ3) is 2.77. The summed E-state index contributed by atoms with van der Waals surface area (Å²) in [6.45, 7) is -0.207. The smallest absolute Gasteiger partial charge is 0.164 e. The second kappa shape index (κ2) is 4.40. The molecule has 3 nitrogen and oxygen atoms in total. The van der Waals surface area contributed by atoms with Gasteiger partial charge in [0.1, 0.15) is 0 Å². The van der Waals surface area contributed by atoms with Gasteiger partial charge in [0.2, 0.25) is 0 Å². The van der Waals surface area contributed by atoms with Gasteiger partial charge in [0.05, 0.1) is 11.8 Å². The molecule has 5 heteroatoms. The third-order valence-electron chi connectivity index (χ3n) is 0.878. The Morgan fingerprint density at radius 1 is 1.44 bits per heavy atom. The summed E-state index contributed by atoms with van der Waals surface area (Å²) in [7, 11) is 0. The molecule has 1 aliphatic heterocycles. The number of thioether (sulfide) groups is 2. The highest BCUT2D eigenvalue weighted by Crippen LogP contribution is 2.21. The molecule has 0 spiro atoms. The Kier molecular flexibility index (Phi) is 3.76. The van der Waals surface area contributed by atoms with E-state index < -0.39 is 0 Å². The minimum Gasteiger partial charge on any atom is -0.369 e. The Balaban J connectivity index is 2.08. The number of aliphatic hydroxyl groups is 1. The molecule has 1 fully saturated rings. The van der Waals surface area contributed by atoms with Gasteiger partial charge >= 0.3 is 0 Å². The maximum atomic E-state index is 8.34. The first kappa shape index (κ1) is 7.68. The third-order valence-corrected chi connectivity index (χ3v) is 3.15. The predicted octanol–water partition coefficient (Wildman–Crippen LogP) is 0.522. The van der Waals surface area contributed by atoms with Crippen LogP contribution in [0.1, 0.15) is 0 Å². The lowest BCUT2D eigenvalue weighted by Gasteiger charge is -2.23. The van der Waals surface area contributed by atoms with E-state index in [1.165, 1.54) is 0 Å². The van der Waals surface area contributed by atoms with E-state index in [1.54, 1.807) is 28.6 Å². The number of nitrogens with zero attached hydrogens (tertiary/aromatic N) is 1. The number of hydrogen-bond acceptors (Lipinski definition) is 5. The molecule has 0 bridgehead atoms. The van der Waals surface area contributed by atoms with Crippen LogP contribution in [0.5, 0.6) is 0 Å². The van der Waals surface area contributed by atoms with Gasteiger partial charge in [-0.25, -0.2) is 0 Å². The molecule has 0 aromatic carbocycles. The highest BCUT2D eigenvalue weighted by atomic mass is 32.2. The average Bonchev–Trinajstić information content (AvgIpc) is 1.91. The predicted molar refractivity (Wildman–Crippen MR) is 39.8 cm³/mol. The van der Waals surface area contributed by atoms with Crippen LogP contribution in [0.4, 0.5) is 0 Å². The lowest BCUT2D eigenvalue weighted by atomic mass is 11.2. The van der Waals surface area contributed by atoms with E-state index in [4.69, 9.17) is 9.94 Å². The van der Waals surface area contributed by atoms with Crippen molar-refractivity contribution in [1.82, 2.24) is 5.06 Å². The van der Waals surface area contributed by atoms with Crippen LogP contribution in [0.15, 0.2) is 0 Å². The minimum absolute atomic E-state index is 0.207. The first-order chi connectivity index (χ1) is 4.43. The summed E-state index contributed by atoms with van der Waals surface area (Å²) < 4.78 is 0. The quantitative estimate of drug-likeness (QED) is 0.606. The van der Waals surface area contributed by atoms with Crippen molar-refractivity contribution in [2.75, 3.05) is 23.6 Å². The Morgan fingerprint density at radius 3 is 2.67 bits per heavy atom. The van der Waals surface area contributed by atoms with Crippen LogP contribution >= 0.6 is 23.5 Å². The van der Waals surface area contributed by atoms with Gasteiger partial charge in [-0.15, -0.1) is 23.5 Å². The number of aliphatic hydroxyl groups excluding tert-OH is 1. The van der Waals surface area contributed by atoms with Crippen molar-refractivity contribution in [3.8, 4) is 0 Å². The van der Waals surface area contributed by atoms with Crippen LogP contribution in [-0.4, -0.2) is 33.8 Å². The van der Waals surface area contributed by atoms with E-state index in [0.717, 1.165) is 16.8 Å². The summed E-state index contributed by atoms with van der Waals surface area (Å²) in [5.74, 6) is 1.74. The van der Waals surface area contributed by atoms with Crippen LogP contribution in [0.3, 0.4) is 0 Å². The summed E-state index contributed by atoms with van der Waals surface area (Å²) in [5, 5.41) is 11.2. The lowest BCUT2D eigenvalue weighted by molar-refractivity contribution is -0.187.